The van der Waals surface area contributed by atoms with E-state index in [1.54, 1.807) is 6.33 Å². The fraction of sp³-hybridized carbons (Fsp3) is 0.818. The first-order chi connectivity index (χ1) is 7.31. The standard InChI is InChI=1S/C11H18N4/c12-11-13-7-15(14-11)6-10-5-8-1-3-9(10)4-2-8/h7-10H,1-6H2,(H2,12,14). The zero-order valence-electron chi connectivity index (χ0n) is 8.97. The Bertz CT molecular complexity index is 338. The van der Waals surface area contributed by atoms with Gasteiger partial charge < -0.3 is 5.73 Å². The number of anilines is 1. The Morgan fingerprint density at radius 2 is 2.13 bits per heavy atom. The van der Waals surface area contributed by atoms with Crippen LogP contribution in [0.25, 0.3) is 0 Å². The molecule has 4 nitrogen and oxygen atoms in total. The van der Waals surface area contributed by atoms with Gasteiger partial charge in [0.15, 0.2) is 0 Å². The zero-order chi connectivity index (χ0) is 10.3. The van der Waals surface area contributed by atoms with Gasteiger partial charge in [-0.1, -0.05) is 12.8 Å². The van der Waals surface area contributed by atoms with Gasteiger partial charge in [0.2, 0.25) is 5.95 Å². The molecule has 3 saturated carbocycles. The van der Waals surface area contributed by atoms with E-state index in [2.05, 4.69) is 10.1 Å². The maximum atomic E-state index is 5.52. The molecule has 1 aromatic heterocycles. The normalized spacial score (nSPS) is 34.5. The average molecular weight is 206 g/mol. The molecule has 0 aliphatic heterocycles. The van der Waals surface area contributed by atoms with Crippen LogP contribution < -0.4 is 5.73 Å². The third-order valence-electron chi connectivity index (χ3n) is 4.17. The molecule has 1 heterocycles. The lowest BCUT2D eigenvalue weighted by molar-refractivity contribution is 0.0843. The first kappa shape index (κ1) is 9.19. The monoisotopic (exact) mass is 206 g/mol. The van der Waals surface area contributed by atoms with Crippen LogP contribution in [-0.4, -0.2) is 14.8 Å². The van der Waals surface area contributed by atoms with Crippen molar-refractivity contribution in [1.29, 1.82) is 0 Å². The summed E-state index contributed by atoms with van der Waals surface area (Å²) in [5.41, 5.74) is 5.52. The fourth-order valence-electron chi connectivity index (χ4n) is 3.38. The van der Waals surface area contributed by atoms with E-state index in [9.17, 15) is 0 Å². The summed E-state index contributed by atoms with van der Waals surface area (Å²) in [6.07, 6.45) is 8.93. The van der Waals surface area contributed by atoms with E-state index < -0.39 is 0 Å². The van der Waals surface area contributed by atoms with Crippen LogP contribution >= 0.6 is 0 Å². The van der Waals surface area contributed by atoms with E-state index in [0.717, 1.165) is 24.3 Å². The van der Waals surface area contributed by atoms with E-state index in [-0.39, 0.29) is 0 Å². The highest BCUT2D eigenvalue weighted by atomic mass is 15.4. The van der Waals surface area contributed by atoms with Gasteiger partial charge in [0.25, 0.3) is 0 Å². The molecule has 4 rings (SSSR count). The highest BCUT2D eigenvalue weighted by Gasteiger charge is 2.35. The third kappa shape index (κ3) is 1.73. The molecule has 1 atom stereocenters. The molecule has 0 amide bonds. The van der Waals surface area contributed by atoms with Gasteiger partial charge in [0.05, 0.1) is 0 Å². The van der Waals surface area contributed by atoms with Crippen molar-refractivity contribution in [3.8, 4) is 0 Å². The summed E-state index contributed by atoms with van der Waals surface area (Å²) in [7, 11) is 0. The molecule has 0 saturated heterocycles. The molecule has 2 bridgehead atoms. The number of nitrogens with zero attached hydrogens (tertiary/aromatic N) is 3. The minimum Gasteiger partial charge on any atom is -0.367 e. The Hall–Kier alpha value is -1.06. The lowest BCUT2D eigenvalue weighted by atomic mass is 9.65. The first-order valence-electron chi connectivity index (χ1n) is 5.96. The number of rotatable bonds is 2. The van der Waals surface area contributed by atoms with Crippen molar-refractivity contribution >= 4 is 5.95 Å². The molecule has 0 radical (unpaired) electrons. The van der Waals surface area contributed by atoms with Crippen molar-refractivity contribution < 1.29 is 0 Å². The number of aromatic nitrogens is 3. The predicted octanol–water partition coefficient (Wildman–Crippen LogP) is 1.69. The van der Waals surface area contributed by atoms with E-state index >= 15 is 0 Å². The minimum absolute atomic E-state index is 0.399. The Labute approximate surface area is 89.9 Å². The summed E-state index contributed by atoms with van der Waals surface area (Å²) in [5, 5.41) is 4.17. The summed E-state index contributed by atoms with van der Waals surface area (Å²) in [4.78, 5) is 3.97. The molecule has 2 N–H and O–H groups in total. The van der Waals surface area contributed by atoms with Gasteiger partial charge in [-0.15, -0.1) is 5.10 Å². The Kier molecular flexibility index (Phi) is 2.15. The Balaban J connectivity index is 1.68. The number of fused-ring (bicyclic) bond motifs is 3. The maximum absolute atomic E-state index is 5.52. The van der Waals surface area contributed by atoms with Crippen LogP contribution in [0.3, 0.4) is 0 Å². The van der Waals surface area contributed by atoms with Crippen LogP contribution in [0.5, 0.6) is 0 Å². The lowest BCUT2D eigenvalue weighted by Gasteiger charge is -2.42. The minimum atomic E-state index is 0.399. The first-order valence-corrected chi connectivity index (χ1v) is 5.96. The van der Waals surface area contributed by atoms with Crippen molar-refractivity contribution in [3.63, 3.8) is 0 Å². The summed E-state index contributed by atoms with van der Waals surface area (Å²) in [6, 6.07) is 0. The van der Waals surface area contributed by atoms with Gasteiger partial charge in [-0.05, 0) is 37.0 Å². The highest BCUT2D eigenvalue weighted by Crippen LogP contribution is 2.45. The Morgan fingerprint density at radius 3 is 2.67 bits per heavy atom. The van der Waals surface area contributed by atoms with Gasteiger partial charge in [-0.3, -0.25) is 4.68 Å². The molecular formula is C11H18N4. The highest BCUT2D eigenvalue weighted by molar-refractivity contribution is 5.09. The summed E-state index contributed by atoms with van der Waals surface area (Å²) in [6.45, 7) is 1.02. The predicted molar refractivity (Wildman–Crippen MR) is 58.0 cm³/mol. The Morgan fingerprint density at radius 1 is 1.33 bits per heavy atom. The molecule has 4 heteroatoms. The third-order valence-corrected chi connectivity index (χ3v) is 4.17. The number of nitrogens with two attached hydrogens (primary N) is 1. The molecule has 82 valence electrons. The molecule has 3 aliphatic carbocycles. The van der Waals surface area contributed by atoms with Crippen molar-refractivity contribution in [2.45, 2.75) is 38.6 Å². The van der Waals surface area contributed by atoms with Crippen molar-refractivity contribution in [2.24, 2.45) is 17.8 Å². The number of hydrogen-bond acceptors (Lipinski definition) is 3. The van der Waals surface area contributed by atoms with Crippen molar-refractivity contribution in [1.82, 2.24) is 14.8 Å². The second kappa shape index (κ2) is 3.51. The van der Waals surface area contributed by atoms with Crippen LogP contribution in [0.15, 0.2) is 6.33 Å². The van der Waals surface area contributed by atoms with Crippen LogP contribution in [0, 0.1) is 17.8 Å². The van der Waals surface area contributed by atoms with Crippen molar-refractivity contribution in [2.75, 3.05) is 5.73 Å². The number of nitrogen functional groups attached to an aromatic ring is 1. The summed E-state index contributed by atoms with van der Waals surface area (Å²) < 4.78 is 1.92. The van der Waals surface area contributed by atoms with Gasteiger partial charge in [0.1, 0.15) is 6.33 Å². The SMILES string of the molecule is Nc1ncn(CC2CC3CCC2CC3)n1. The summed E-state index contributed by atoms with van der Waals surface area (Å²) in [5.74, 6) is 3.14. The van der Waals surface area contributed by atoms with Crippen LogP contribution in [0.1, 0.15) is 32.1 Å². The molecule has 0 spiro atoms. The van der Waals surface area contributed by atoms with Gasteiger partial charge in [-0.2, -0.15) is 0 Å². The molecule has 3 aliphatic rings. The van der Waals surface area contributed by atoms with E-state index in [1.807, 2.05) is 4.68 Å². The van der Waals surface area contributed by atoms with Crippen LogP contribution in [0.4, 0.5) is 5.95 Å². The second-order valence-electron chi connectivity index (χ2n) is 5.10. The van der Waals surface area contributed by atoms with E-state index in [4.69, 9.17) is 5.73 Å². The largest absolute Gasteiger partial charge is 0.367 e. The zero-order valence-corrected chi connectivity index (χ0v) is 8.97. The average Bonchev–Trinajstić information content (AvgIpc) is 2.66. The maximum Gasteiger partial charge on any atom is 0.239 e. The quantitative estimate of drug-likeness (QED) is 0.801. The molecule has 1 unspecified atom stereocenters. The topological polar surface area (TPSA) is 56.7 Å². The van der Waals surface area contributed by atoms with Crippen LogP contribution in [-0.2, 0) is 6.54 Å². The lowest BCUT2D eigenvalue weighted by Crippen LogP contribution is -2.33. The van der Waals surface area contributed by atoms with Crippen molar-refractivity contribution in [3.05, 3.63) is 6.33 Å². The van der Waals surface area contributed by atoms with Gasteiger partial charge in [-0.25, -0.2) is 4.98 Å². The van der Waals surface area contributed by atoms with Gasteiger partial charge in [0, 0.05) is 6.54 Å². The van der Waals surface area contributed by atoms with E-state index in [1.165, 1.54) is 32.1 Å². The second-order valence-corrected chi connectivity index (χ2v) is 5.10. The van der Waals surface area contributed by atoms with E-state index in [0.29, 0.717) is 5.95 Å². The smallest absolute Gasteiger partial charge is 0.239 e. The fourth-order valence-corrected chi connectivity index (χ4v) is 3.38. The summed E-state index contributed by atoms with van der Waals surface area (Å²) >= 11 is 0. The van der Waals surface area contributed by atoms with Crippen LogP contribution in [0.2, 0.25) is 0 Å². The molecule has 1 aromatic rings. The number of hydrogen-bond donors (Lipinski definition) is 1. The molecule has 15 heavy (non-hydrogen) atoms. The molecule has 0 aromatic carbocycles. The van der Waals surface area contributed by atoms with Gasteiger partial charge >= 0.3 is 0 Å². The molecule has 3 fully saturated rings. The molecular weight excluding hydrogens is 188 g/mol.